The predicted octanol–water partition coefficient (Wildman–Crippen LogP) is 4.87. The highest BCUT2D eigenvalue weighted by molar-refractivity contribution is 5.25. The summed E-state index contributed by atoms with van der Waals surface area (Å²) in [5.74, 6) is 0. The van der Waals surface area contributed by atoms with E-state index in [0.29, 0.717) is 6.04 Å². The first-order chi connectivity index (χ1) is 8.81. The minimum absolute atomic E-state index is 0.537. The molecular weight excluding hydrogens is 218 g/mol. The van der Waals surface area contributed by atoms with E-state index < -0.39 is 0 Å². The van der Waals surface area contributed by atoms with Gasteiger partial charge in [-0.25, -0.2) is 0 Å². The lowest BCUT2D eigenvalue weighted by atomic mass is 9.99. The van der Waals surface area contributed by atoms with Gasteiger partial charge in [0.05, 0.1) is 0 Å². The van der Waals surface area contributed by atoms with Crippen LogP contribution in [-0.4, -0.2) is 6.54 Å². The smallest absolute Gasteiger partial charge is 0.0320 e. The van der Waals surface area contributed by atoms with Gasteiger partial charge in [0.1, 0.15) is 0 Å². The summed E-state index contributed by atoms with van der Waals surface area (Å²) in [6.45, 7) is 7.85. The maximum Gasteiger partial charge on any atom is 0.0320 e. The van der Waals surface area contributed by atoms with Gasteiger partial charge >= 0.3 is 0 Å². The summed E-state index contributed by atoms with van der Waals surface area (Å²) in [7, 11) is 0. The number of benzene rings is 1. The second-order valence-electron chi connectivity index (χ2n) is 5.14. The van der Waals surface area contributed by atoms with Crippen LogP contribution < -0.4 is 5.32 Å². The van der Waals surface area contributed by atoms with E-state index in [4.69, 9.17) is 0 Å². The van der Waals surface area contributed by atoms with Gasteiger partial charge in [-0.1, -0.05) is 57.9 Å². The van der Waals surface area contributed by atoms with E-state index in [1.165, 1.54) is 49.7 Å². The molecule has 1 unspecified atom stereocenters. The Morgan fingerprint density at radius 2 is 1.67 bits per heavy atom. The molecule has 0 saturated heterocycles. The van der Waals surface area contributed by atoms with Gasteiger partial charge in [-0.2, -0.15) is 0 Å². The first-order valence-electron chi connectivity index (χ1n) is 7.64. The summed E-state index contributed by atoms with van der Waals surface area (Å²) in [4.78, 5) is 0. The molecule has 0 aliphatic carbocycles. The number of nitrogens with one attached hydrogen (secondary N) is 1. The Bertz CT molecular complexity index is 302. The summed E-state index contributed by atoms with van der Waals surface area (Å²) < 4.78 is 0. The van der Waals surface area contributed by atoms with Crippen LogP contribution in [0.2, 0.25) is 0 Å². The lowest BCUT2D eigenvalue weighted by Gasteiger charge is -2.18. The molecule has 1 N–H and O–H groups in total. The van der Waals surface area contributed by atoms with Gasteiger partial charge in [0.2, 0.25) is 0 Å². The Hall–Kier alpha value is -0.820. The van der Waals surface area contributed by atoms with Crippen molar-refractivity contribution < 1.29 is 0 Å². The number of rotatable bonds is 9. The van der Waals surface area contributed by atoms with Crippen molar-refractivity contribution in [2.75, 3.05) is 6.54 Å². The first kappa shape index (κ1) is 15.2. The summed E-state index contributed by atoms with van der Waals surface area (Å²) >= 11 is 0. The predicted molar refractivity (Wildman–Crippen MR) is 81.0 cm³/mol. The summed E-state index contributed by atoms with van der Waals surface area (Å²) in [6.07, 6.45) is 7.46. The van der Waals surface area contributed by atoms with Gasteiger partial charge in [0, 0.05) is 6.04 Å². The monoisotopic (exact) mass is 247 g/mol. The SMILES string of the molecule is CCCCc1ccc(C(CCC)NCCC)cc1. The molecule has 0 aromatic heterocycles. The zero-order valence-electron chi connectivity index (χ0n) is 12.3. The lowest BCUT2D eigenvalue weighted by molar-refractivity contribution is 0.494. The Morgan fingerprint density at radius 1 is 0.944 bits per heavy atom. The fourth-order valence-corrected chi connectivity index (χ4v) is 2.29. The van der Waals surface area contributed by atoms with Crippen LogP contribution in [0.15, 0.2) is 24.3 Å². The van der Waals surface area contributed by atoms with Gasteiger partial charge in [-0.3, -0.25) is 0 Å². The maximum atomic E-state index is 3.65. The summed E-state index contributed by atoms with van der Waals surface area (Å²) in [5, 5.41) is 3.65. The quantitative estimate of drug-likeness (QED) is 0.656. The Kier molecular flexibility index (Phi) is 7.75. The minimum atomic E-state index is 0.537. The third-order valence-electron chi connectivity index (χ3n) is 3.42. The van der Waals surface area contributed by atoms with Crippen molar-refractivity contribution in [1.82, 2.24) is 5.32 Å². The third kappa shape index (κ3) is 5.22. The molecule has 1 aromatic carbocycles. The lowest BCUT2D eigenvalue weighted by Crippen LogP contribution is -2.21. The number of hydrogen-bond acceptors (Lipinski definition) is 1. The normalized spacial score (nSPS) is 12.6. The zero-order valence-corrected chi connectivity index (χ0v) is 12.3. The molecule has 1 atom stereocenters. The van der Waals surface area contributed by atoms with Crippen LogP contribution in [-0.2, 0) is 6.42 Å². The van der Waals surface area contributed by atoms with Crippen LogP contribution in [0.25, 0.3) is 0 Å². The van der Waals surface area contributed by atoms with Crippen molar-refractivity contribution in [3.63, 3.8) is 0 Å². The van der Waals surface area contributed by atoms with Gasteiger partial charge in [-0.15, -0.1) is 0 Å². The van der Waals surface area contributed by atoms with Gasteiger partial charge in [0.15, 0.2) is 0 Å². The van der Waals surface area contributed by atoms with Gasteiger partial charge < -0.3 is 5.32 Å². The Labute approximate surface area is 113 Å². The van der Waals surface area contributed by atoms with Crippen molar-refractivity contribution in [3.8, 4) is 0 Å². The van der Waals surface area contributed by atoms with Crippen LogP contribution in [0.3, 0.4) is 0 Å². The molecule has 1 heteroatoms. The fraction of sp³-hybridized carbons (Fsp3) is 0.647. The molecule has 0 fully saturated rings. The summed E-state index contributed by atoms with van der Waals surface area (Å²) in [6, 6.07) is 9.78. The van der Waals surface area contributed by atoms with E-state index in [2.05, 4.69) is 50.4 Å². The molecule has 1 nitrogen and oxygen atoms in total. The molecule has 0 saturated carbocycles. The van der Waals surface area contributed by atoms with Crippen LogP contribution in [0.4, 0.5) is 0 Å². The highest BCUT2D eigenvalue weighted by Crippen LogP contribution is 2.19. The van der Waals surface area contributed by atoms with E-state index in [0.717, 1.165) is 6.54 Å². The maximum absolute atomic E-state index is 3.65. The topological polar surface area (TPSA) is 12.0 Å². The molecule has 0 heterocycles. The van der Waals surface area contributed by atoms with E-state index in [1.807, 2.05) is 0 Å². The largest absolute Gasteiger partial charge is 0.310 e. The average molecular weight is 247 g/mol. The van der Waals surface area contributed by atoms with E-state index in [-0.39, 0.29) is 0 Å². The number of hydrogen-bond donors (Lipinski definition) is 1. The summed E-state index contributed by atoms with van der Waals surface area (Å²) in [5.41, 5.74) is 2.93. The average Bonchev–Trinajstić information content (AvgIpc) is 2.42. The molecule has 0 spiro atoms. The number of aryl methyl sites for hydroxylation is 1. The highest BCUT2D eigenvalue weighted by atomic mass is 14.9. The molecule has 0 aliphatic rings. The van der Waals surface area contributed by atoms with Crippen molar-refractivity contribution in [2.24, 2.45) is 0 Å². The van der Waals surface area contributed by atoms with Crippen molar-refractivity contribution in [3.05, 3.63) is 35.4 Å². The molecule has 0 radical (unpaired) electrons. The number of unbranched alkanes of at least 4 members (excludes halogenated alkanes) is 1. The molecule has 18 heavy (non-hydrogen) atoms. The molecule has 1 aromatic rings. The van der Waals surface area contributed by atoms with Crippen LogP contribution >= 0.6 is 0 Å². The highest BCUT2D eigenvalue weighted by Gasteiger charge is 2.08. The molecule has 0 aliphatic heterocycles. The zero-order chi connectivity index (χ0) is 13.2. The van der Waals surface area contributed by atoms with Crippen molar-refractivity contribution in [2.45, 2.75) is 65.3 Å². The third-order valence-corrected chi connectivity index (χ3v) is 3.42. The first-order valence-corrected chi connectivity index (χ1v) is 7.64. The molecule has 0 amide bonds. The Balaban J connectivity index is 2.61. The standard InChI is InChI=1S/C17H29N/c1-4-7-9-15-10-12-16(13-11-15)17(8-5-2)18-14-6-3/h10-13,17-18H,4-9,14H2,1-3H3. The van der Waals surface area contributed by atoms with Crippen LogP contribution in [0.5, 0.6) is 0 Å². The second kappa shape index (κ2) is 9.16. The minimum Gasteiger partial charge on any atom is -0.310 e. The molecular formula is C17H29N. The van der Waals surface area contributed by atoms with Crippen LogP contribution in [0.1, 0.15) is 70.0 Å². The Morgan fingerprint density at radius 3 is 2.22 bits per heavy atom. The molecule has 102 valence electrons. The van der Waals surface area contributed by atoms with E-state index >= 15 is 0 Å². The van der Waals surface area contributed by atoms with Gasteiger partial charge in [-0.05, 0) is 43.4 Å². The van der Waals surface area contributed by atoms with Gasteiger partial charge in [0.25, 0.3) is 0 Å². The second-order valence-corrected chi connectivity index (χ2v) is 5.14. The van der Waals surface area contributed by atoms with Crippen LogP contribution in [0, 0.1) is 0 Å². The fourth-order valence-electron chi connectivity index (χ4n) is 2.29. The molecule has 0 bridgehead atoms. The van der Waals surface area contributed by atoms with Crippen molar-refractivity contribution in [1.29, 1.82) is 0 Å². The van der Waals surface area contributed by atoms with Crippen molar-refractivity contribution >= 4 is 0 Å². The van der Waals surface area contributed by atoms with E-state index in [1.54, 1.807) is 0 Å². The van der Waals surface area contributed by atoms with E-state index in [9.17, 15) is 0 Å². The molecule has 1 rings (SSSR count).